The first-order valence-corrected chi connectivity index (χ1v) is 5.73. The first-order valence-electron chi connectivity index (χ1n) is 4.61. The van der Waals surface area contributed by atoms with Gasteiger partial charge in [-0.15, -0.1) is 0 Å². The van der Waals surface area contributed by atoms with Crippen LogP contribution in [0.4, 0.5) is 0 Å². The third-order valence-electron chi connectivity index (χ3n) is 1.89. The second-order valence-electron chi connectivity index (χ2n) is 2.98. The molecule has 1 aromatic carbocycles. The summed E-state index contributed by atoms with van der Waals surface area (Å²) in [5.74, 6) is 4.75. The quantitative estimate of drug-likeness (QED) is 0.380. The Morgan fingerprint density at radius 3 is 2.60 bits per heavy atom. The number of hydrogen-bond donors (Lipinski definition) is 2. The Balaban J connectivity index is 2.68. The lowest BCUT2D eigenvalue weighted by Crippen LogP contribution is -2.29. The zero-order valence-electron chi connectivity index (χ0n) is 8.24. The lowest BCUT2D eigenvalue weighted by Gasteiger charge is -1.99. The van der Waals surface area contributed by atoms with Crippen LogP contribution in [-0.4, -0.2) is 11.2 Å². The monoisotopic (exact) mass is 268 g/mol. The van der Waals surface area contributed by atoms with E-state index in [4.69, 9.17) is 5.84 Å². The molecule has 1 amide bonds. The van der Waals surface area contributed by atoms with Crippen molar-refractivity contribution in [3.05, 3.63) is 41.5 Å². The Bertz CT molecular complexity index is 346. The lowest BCUT2D eigenvalue weighted by molar-refractivity contribution is 0.0953. The maximum atomic E-state index is 11.1. The molecule has 0 aromatic heterocycles. The van der Waals surface area contributed by atoms with E-state index in [2.05, 4.69) is 27.4 Å². The molecular formula is C11H13BrN2O. The molecule has 0 atom stereocenters. The van der Waals surface area contributed by atoms with Crippen LogP contribution in [0.25, 0.3) is 6.08 Å². The van der Waals surface area contributed by atoms with Crippen LogP contribution in [-0.2, 0) is 0 Å². The van der Waals surface area contributed by atoms with Crippen molar-refractivity contribution in [3.8, 4) is 0 Å². The summed E-state index contributed by atoms with van der Waals surface area (Å²) < 4.78 is 0. The van der Waals surface area contributed by atoms with Crippen molar-refractivity contribution in [1.29, 1.82) is 0 Å². The second kappa shape index (κ2) is 6.37. The number of nitrogens with two attached hydrogens (primary N) is 1. The smallest absolute Gasteiger partial charge is 0.265 e. The molecule has 0 heterocycles. The highest BCUT2D eigenvalue weighted by atomic mass is 79.9. The van der Waals surface area contributed by atoms with Crippen LogP contribution in [0.3, 0.4) is 0 Å². The van der Waals surface area contributed by atoms with Crippen LogP contribution < -0.4 is 11.3 Å². The predicted octanol–water partition coefficient (Wildman–Crippen LogP) is 2.09. The minimum Gasteiger partial charge on any atom is -0.290 e. The van der Waals surface area contributed by atoms with Crippen molar-refractivity contribution >= 4 is 27.9 Å². The maximum absolute atomic E-state index is 11.1. The van der Waals surface area contributed by atoms with Gasteiger partial charge in [-0.25, -0.2) is 5.84 Å². The van der Waals surface area contributed by atoms with Gasteiger partial charge in [-0.1, -0.05) is 40.2 Å². The van der Waals surface area contributed by atoms with Crippen molar-refractivity contribution in [2.24, 2.45) is 5.84 Å². The number of nitrogen functional groups attached to an aromatic ring is 1. The topological polar surface area (TPSA) is 55.1 Å². The normalized spacial score (nSPS) is 10.5. The summed E-state index contributed by atoms with van der Waals surface area (Å²) in [6.45, 7) is 0. The average Bonchev–Trinajstić information content (AvgIpc) is 2.29. The van der Waals surface area contributed by atoms with Crippen LogP contribution in [0.5, 0.6) is 0 Å². The molecule has 0 fully saturated rings. The van der Waals surface area contributed by atoms with Gasteiger partial charge in [-0.05, 0) is 24.1 Å². The van der Waals surface area contributed by atoms with Crippen LogP contribution >= 0.6 is 15.9 Å². The summed E-state index contributed by atoms with van der Waals surface area (Å²) in [7, 11) is 0. The molecule has 0 aliphatic carbocycles. The van der Waals surface area contributed by atoms with Crippen molar-refractivity contribution < 1.29 is 4.79 Å². The zero-order chi connectivity index (χ0) is 11.1. The van der Waals surface area contributed by atoms with E-state index < -0.39 is 0 Å². The van der Waals surface area contributed by atoms with Gasteiger partial charge in [-0.2, -0.15) is 0 Å². The Kier molecular flexibility index (Phi) is 5.07. The first-order chi connectivity index (χ1) is 7.27. The molecular weight excluding hydrogens is 256 g/mol. The van der Waals surface area contributed by atoms with Crippen LogP contribution in [0.2, 0.25) is 0 Å². The first kappa shape index (κ1) is 11.9. The lowest BCUT2D eigenvalue weighted by atomic mass is 10.1. The molecule has 1 aromatic rings. The molecule has 0 aliphatic rings. The SMILES string of the molecule is NNC(=O)c1ccc(C=CCCBr)cc1. The van der Waals surface area contributed by atoms with Gasteiger partial charge in [0.05, 0.1) is 0 Å². The third kappa shape index (κ3) is 3.85. The summed E-state index contributed by atoms with van der Waals surface area (Å²) in [6, 6.07) is 7.26. The Labute approximate surface area is 97.5 Å². The fraction of sp³-hybridized carbons (Fsp3) is 0.182. The second-order valence-corrected chi connectivity index (χ2v) is 3.77. The van der Waals surface area contributed by atoms with Crippen LogP contribution in [0.1, 0.15) is 22.3 Å². The van der Waals surface area contributed by atoms with E-state index in [-0.39, 0.29) is 5.91 Å². The maximum Gasteiger partial charge on any atom is 0.265 e. The summed E-state index contributed by atoms with van der Waals surface area (Å²) in [4.78, 5) is 11.1. The number of halogens is 1. The molecule has 80 valence electrons. The van der Waals surface area contributed by atoms with Gasteiger partial charge in [0.15, 0.2) is 0 Å². The molecule has 0 saturated carbocycles. The fourth-order valence-corrected chi connectivity index (χ4v) is 1.38. The van der Waals surface area contributed by atoms with Crippen LogP contribution in [0, 0.1) is 0 Å². The van der Waals surface area contributed by atoms with Gasteiger partial charge in [-0.3, -0.25) is 10.2 Å². The minimum absolute atomic E-state index is 0.272. The summed E-state index contributed by atoms with van der Waals surface area (Å²) in [5, 5.41) is 0.956. The molecule has 4 heteroatoms. The standard InChI is InChI=1S/C11H13BrN2O/c12-8-2-1-3-9-4-6-10(7-5-9)11(15)14-13/h1,3-7H,2,8,13H2,(H,14,15). The van der Waals surface area contributed by atoms with Gasteiger partial charge < -0.3 is 0 Å². The molecule has 3 nitrogen and oxygen atoms in total. The number of benzene rings is 1. The highest BCUT2D eigenvalue weighted by Gasteiger charge is 2.00. The van der Waals surface area contributed by atoms with Crippen LogP contribution in [0.15, 0.2) is 30.3 Å². The molecule has 0 spiro atoms. The van der Waals surface area contributed by atoms with Crippen molar-refractivity contribution in [2.45, 2.75) is 6.42 Å². The molecule has 0 saturated heterocycles. The van der Waals surface area contributed by atoms with E-state index in [1.54, 1.807) is 12.1 Å². The molecule has 1 rings (SSSR count). The number of rotatable bonds is 4. The number of hydrazine groups is 1. The number of allylic oxidation sites excluding steroid dienone is 1. The Morgan fingerprint density at radius 1 is 1.40 bits per heavy atom. The predicted molar refractivity (Wildman–Crippen MR) is 65.5 cm³/mol. The van der Waals surface area contributed by atoms with E-state index in [1.165, 1.54) is 0 Å². The highest BCUT2D eigenvalue weighted by Crippen LogP contribution is 2.06. The molecule has 0 unspecified atom stereocenters. The fourth-order valence-electron chi connectivity index (χ4n) is 1.11. The van der Waals surface area contributed by atoms with Gasteiger partial charge in [0.25, 0.3) is 5.91 Å². The number of carbonyl (C=O) groups is 1. The van der Waals surface area contributed by atoms with Crippen molar-refractivity contribution in [1.82, 2.24) is 5.43 Å². The largest absolute Gasteiger partial charge is 0.290 e. The van der Waals surface area contributed by atoms with E-state index in [0.717, 1.165) is 17.3 Å². The van der Waals surface area contributed by atoms with E-state index in [0.29, 0.717) is 5.56 Å². The van der Waals surface area contributed by atoms with Crippen molar-refractivity contribution in [3.63, 3.8) is 0 Å². The zero-order valence-corrected chi connectivity index (χ0v) is 9.83. The minimum atomic E-state index is -0.272. The van der Waals surface area contributed by atoms with Gasteiger partial charge in [0.1, 0.15) is 0 Å². The molecule has 3 N–H and O–H groups in total. The van der Waals surface area contributed by atoms with Gasteiger partial charge >= 0.3 is 0 Å². The molecule has 15 heavy (non-hydrogen) atoms. The van der Waals surface area contributed by atoms with E-state index in [9.17, 15) is 4.79 Å². The average molecular weight is 269 g/mol. The summed E-state index contributed by atoms with van der Waals surface area (Å²) in [5.41, 5.74) is 3.73. The van der Waals surface area contributed by atoms with E-state index in [1.807, 2.05) is 18.2 Å². The molecule has 0 aliphatic heterocycles. The third-order valence-corrected chi connectivity index (χ3v) is 2.35. The number of alkyl halides is 1. The number of carbonyl (C=O) groups excluding carboxylic acids is 1. The van der Waals surface area contributed by atoms with Crippen molar-refractivity contribution in [2.75, 3.05) is 5.33 Å². The highest BCUT2D eigenvalue weighted by molar-refractivity contribution is 9.09. The number of hydrogen-bond acceptors (Lipinski definition) is 2. The number of nitrogens with one attached hydrogen (secondary N) is 1. The molecule has 0 bridgehead atoms. The van der Waals surface area contributed by atoms with Gasteiger partial charge in [0.2, 0.25) is 0 Å². The Morgan fingerprint density at radius 2 is 2.07 bits per heavy atom. The number of amides is 1. The summed E-state index contributed by atoms with van der Waals surface area (Å²) in [6.07, 6.45) is 5.09. The molecule has 0 radical (unpaired) electrons. The summed E-state index contributed by atoms with van der Waals surface area (Å²) >= 11 is 3.34. The van der Waals surface area contributed by atoms with E-state index >= 15 is 0 Å². The Hall–Kier alpha value is -1.13. The van der Waals surface area contributed by atoms with Gasteiger partial charge in [0, 0.05) is 10.9 Å².